The lowest BCUT2D eigenvalue weighted by Gasteiger charge is -2.38. The zero-order valence-electron chi connectivity index (χ0n) is 8.60. The van der Waals surface area contributed by atoms with Gasteiger partial charge in [0.15, 0.2) is 5.78 Å². The summed E-state index contributed by atoms with van der Waals surface area (Å²) in [6, 6.07) is 0. The van der Waals surface area contributed by atoms with Gasteiger partial charge in [0.25, 0.3) is 0 Å². The van der Waals surface area contributed by atoms with Crippen LogP contribution in [-0.2, 0) is 4.79 Å². The van der Waals surface area contributed by atoms with Crippen molar-refractivity contribution in [2.45, 2.75) is 46.0 Å². The number of fused-ring (bicyclic) bond motifs is 3. The van der Waals surface area contributed by atoms with Crippen LogP contribution < -0.4 is 0 Å². The molecule has 3 rings (SSSR count). The molecule has 0 aromatic carbocycles. The van der Waals surface area contributed by atoms with Gasteiger partial charge in [-0.2, -0.15) is 0 Å². The molecule has 0 aromatic rings. The lowest BCUT2D eigenvalue weighted by Crippen LogP contribution is -2.32. The Bertz CT molecular complexity index is 262. The molecule has 0 spiro atoms. The summed E-state index contributed by atoms with van der Waals surface area (Å²) in [5.74, 6) is 1.87. The summed E-state index contributed by atoms with van der Waals surface area (Å²) in [4.78, 5) is 11.6. The first-order chi connectivity index (χ1) is 6.24. The highest BCUT2D eigenvalue weighted by Gasteiger charge is 2.37. The molecule has 2 atom stereocenters. The Morgan fingerprint density at radius 3 is 2.77 bits per heavy atom. The van der Waals surface area contributed by atoms with Crippen molar-refractivity contribution in [3.8, 4) is 0 Å². The summed E-state index contributed by atoms with van der Waals surface area (Å²) >= 11 is 0. The maximum atomic E-state index is 11.6. The average molecular weight is 178 g/mol. The molecular weight excluding hydrogens is 160 g/mol. The second-order valence-electron chi connectivity index (χ2n) is 4.48. The van der Waals surface area contributed by atoms with Gasteiger partial charge in [0.2, 0.25) is 0 Å². The minimum atomic E-state index is 0.445. The van der Waals surface area contributed by atoms with E-state index < -0.39 is 0 Å². The minimum absolute atomic E-state index is 0.445. The lowest BCUT2D eigenvalue weighted by molar-refractivity contribution is -0.119. The van der Waals surface area contributed by atoms with Crippen LogP contribution in [0.4, 0.5) is 0 Å². The molecule has 13 heavy (non-hydrogen) atoms. The highest BCUT2D eigenvalue weighted by molar-refractivity contribution is 5.98. The van der Waals surface area contributed by atoms with Gasteiger partial charge >= 0.3 is 0 Å². The molecule has 1 nitrogen and oxygen atoms in total. The van der Waals surface area contributed by atoms with Gasteiger partial charge in [0.1, 0.15) is 0 Å². The van der Waals surface area contributed by atoms with Gasteiger partial charge in [-0.15, -0.1) is 0 Å². The number of carbonyl (C=O) groups is 1. The zero-order chi connectivity index (χ0) is 9.42. The molecule has 0 aromatic heterocycles. The third-order valence-corrected chi connectivity index (χ3v) is 3.75. The highest BCUT2D eigenvalue weighted by Crippen LogP contribution is 2.44. The number of hydrogen-bond donors (Lipinski definition) is 0. The molecule has 1 unspecified atom stereocenters. The number of carbonyl (C=O) groups excluding carboxylic acids is 1. The Morgan fingerprint density at radius 1 is 1.46 bits per heavy atom. The van der Waals surface area contributed by atoms with E-state index in [0.29, 0.717) is 11.7 Å². The van der Waals surface area contributed by atoms with E-state index in [4.69, 9.17) is 0 Å². The summed E-state index contributed by atoms with van der Waals surface area (Å²) in [6.07, 6.45) is 5.71. The number of rotatable bonds is 2. The summed E-state index contributed by atoms with van der Waals surface area (Å²) < 4.78 is 0. The largest absolute Gasteiger partial charge is 0.295 e. The maximum Gasteiger partial charge on any atom is 0.159 e. The molecule has 1 saturated carbocycles. The van der Waals surface area contributed by atoms with Crippen molar-refractivity contribution in [3.05, 3.63) is 11.1 Å². The monoisotopic (exact) mass is 178 g/mol. The van der Waals surface area contributed by atoms with Gasteiger partial charge in [-0.3, -0.25) is 4.79 Å². The fourth-order valence-electron chi connectivity index (χ4n) is 3.03. The van der Waals surface area contributed by atoms with Gasteiger partial charge in [-0.05, 0) is 43.6 Å². The lowest BCUT2D eigenvalue weighted by atomic mass is 9.65. The van der Waals surface area contributed by atoms with E-state index in [2.05, 4.69) is 13.8 Å². The van der Waals surface area contributed by atoms with Crippen LogP contribution in [0.2, 0.25) is 0 Å². The molecule has 0 N–H and O–H groups in total. The minimum Gasteiger partial charge on any atom is -0.295 e. The summed E-state index contributed by atoms with van der Waals surface area (Å²) in [6.45, 7) is 4.42. The van der Waals surface area contributed by atoms with Crippen LogP contribution in [0.3, 0.4) is 0 Å². The molecule has 0 saturated heterocycles. The average Bonchev–Trinajstić information content (AvgIpc) is 2.11. The maximum absolute atomic E-state index is 11.6. The standard InChI is InChI=1S/C12H18O/c1-3-4-10-8(2)11-6-5-9(10)7-12(11)13/h9-10H,3-7H2,1-2H3/t9-,10?/m1/s1. The first kappa shape index (κ1) is 8.98. The second-order valence-corrected chi connectivity index (χ2v) is 4.48. The molecule has 72 valence electrons. The van der Waals surface area contributed by atoms with E-state index in [1.807, 2.05) is 0 Å². The Balaban J connectivity index is 2.28. The van der Waals surface area contributed by atoms with E-state index >= 15 is 0 Å². The third kappa shape index (κ3) is 1.34. The number of allylic oxidation sites excluding steroid dienone is 2. The van der Waals surface area contributed by atoms with Crippen LogP contribution in [0.25, 0.3) is 0 Å². The van der Waals surface area contributed by atoms with Crippen LogP contribution in [0.5, 0.6) is 0 Å². The fourth-order valence-corrected chi connectivity index (χ4v) is 3.03. The molecule has 0 radical (unpaired) electrons. The SMILES string of the molecule is CCCC1C(C)=C2CC[C@@H]1CC2=O. The van der Waals surface area contributed by atoms with Crippen LogP contribution in [0.15, 0.2) is 11.1 Å². The topological polar surface area (TPSA) is 17.1 Å². The predicted octanol–water partition coefficient (Wildman–Crippen LogP) is 3.10. The van der Waals surface area contributed by atoms with E-state index in [9.17, 15) is 4.79 Å². The van der Waals surface area contributed by atoms with Crippen molar-refractivity contribution >= 4 is 5.78 Å². The Kier molecular flexibility index (Phi) is 2.27. The normalized spacial score (nSPS) is 32.9. The molecule has 3 aliphatic carbocycles. The van der Waals surface area contributed by atoms with Gasteiger partial charge in [0, 0.05) is 6.42 Å². The van der Waals surface area contributed by atoms with E-state index in [-0.39, 0.29) is 0 Å². The van der Waals surface area contributed by atoms with Crippen molar-refractivity contribution in [2.24, 2.45) is 11.8 Å². The molecule has 3 aliphatic rings. The quantitative estimate of drug-likeness (QED) is 0.635. The Morgan fingerprint density at radius 2 is 2.23 bits per heavy atom. The molecular formula is C12H18O. The third-order valence-electron chi connectivity index (χ3n) is 3.75. The highest BCUT2D eigenvalue weighted by atomic mass is 16.1. The second kappa shape index (κ2) is 3.28. The predicted molar refractivity (Wildman–Crippen MR) is 53.4 cm³/mol. The van der Waals surface area contributed by atoms with E-state index in [1.54, 1.807) is 0 Å². The number of ketones is 1. The summed E-state index contributed by atoms with van der Waals surface area (Å²) in [5.41, 5.74) is 2.61. The molecule has 0 aliphatic heterocycles. The zero-order valence-corrected chi connectivity index (χ0v) is 8.60. The van der Waals surface area contributed by atoms with E-state index in [1.165, 1.54) is 30.4 Å². The van der Waals surface area contributed by atoms with Crippen molar-refractivity contribution in [1.82, 2.24) is 0 Å². The fraction of sp³-hybridized carbons (Fsp3) is 0.750. The smallest absolute Gasteiger partial charge is 0.159 e. The molecule has 1 heteroatoms. The van der Waals surface area contributed by atoms with E-state index in [0.717, 1.165) is 18.8 Å². The number of Topliss-reactive ketones (excluding diaryl/α,β-unsaturated/α-hetero) is 1. The van der Waals surface area contributed by atoms with Crippen LogP contribution in [-0.4, -0.2) is 5.78 Å². The first-order valence-corrected chi connectivity index (χ1v) is 5.47. The van der Waals surface area contributed by atoms with Crippen LogP contribution >= 0.6 is 0 Å². The Hall–Kier alpha value is -0.590. The molecule has 0 heterocycles. The molecule has 0 amide bonds. The van der Waals surface area contributed by atoms with Crippen LogP contribution in [0.1, 0.15) is 46.0 Å². The van der Waals surface area contributed by atoms with Crippen LogP contribution in [0, 0.1) is 11.8 Å². The van der Waals surface area contributed by atoms with Crippen molar-refractivity contribution in [1.29, 1.82) is 0 Å². The Labute approximate surface area is 80.2 Å². The summed E-state index contributed by atoms with van der Waals surface area (Å²) in [7, 11) is 0. The van der Waals surface area contributed by atoms with Gasteiger partial charge < -0.3 is 0 Å². The van der Waals surface area contributed by atoms with Crippen molar-refractivity contribution in [2.75, 3.05) is 0 Å². The summed E-state index contributed by atoms with van der Waals surface area (Å²) in [5, 5.41) is 0. The van der Waals surface area contributed by atoms with Gasteiger partial charge in [-0.1, -0.05) is 18.9 Å². The van der Waals surface area contributed by atoms with Gasteiger partial charge in [-0.25, -0.2) is 0 Å². The number of hydrogen-bond acceptors (Lipinski definition) is 1. The first-order valence-electron chi connectivity index (χ1n) is 5.47. The van der Waals surface area contributed by atoms with Crippen molar-refractivity contribution in [3.63, 3.8) is 0 Å². The molecule has 2 bridgehead atoms. The van der Waals surface area contributed by atoms with Gasteiger partial charge in [0.05, 0.1) is 0 Å². The molecule has 1 fully saturated rings. The van der Waals surface area contributed by atoms with Crippen molar-refractivity contribution < 1.29 is 4.79 Å².